The summed E-state index contributed by atoms with van der Waals surface area (Å²) in [6, 6.07) is 5.18. The molecule has 0 aliphatic carbocycles. The van der Waals surface area contributed by atoms with Crippen molar-refractivity contribution in [1.29, 1.82) is 0 Å². The number of rotatable bonds is 5. The van der Waals surface area contributed by atoms with Gasteiger partial charge in [-0.3, -0.25) is 9.78 Å². The number of aromatic nitrogens is 1. The van der Waals surface area contributed by atoms with E-state index in [9.17, 15) is 4.79 Å². The molecule has 0 saturated carbocycles. The Kier molecular flexibility index (Phi) is 4.92. The fourth-order valence-corrected chi connectivity index (χ4v) is 1.43. The Morgan fingerprint density at radius 1 is 1.50 bits per heavy atom. The molecule has 0 aliphatic rings. The van der Waals surface area contributed by atoms with E-state index in [0.717, 1.165) is 5.69 Å². The van der Waals surface area contributed by atoms with Gasteiger partial charge in [0.05, 0.1) is 18.3 Å². The first-order chi connectivity index (χ1) is 7.59. The molecule has 16 heavy (non-hydrogen) atoms. The summed E-state index contributed by atoms with van der Waals surface area (Å²) in [5.74, 6) is 0.315. The van der Waals surface area contributed by atoms with Crippen LogP contribution in [0.25, 0.3) is 0 Å². The fourth-order valence-electron chi connectivity index (χ4n) is 1.43. The third-order valence-electron chi connectivity index (χ3n) is 2.23. The molecule has 0 aromatic carbocycles. The molecule has 3 N–H and O–H groups in total. The quantitative estimate of drug-likeness (QED) is 0.781. The van der Waals surface area contributed by atoms with E-state index in [-0.39, 0.29) is 5.91 Å². The number of nitrogens with one attached hydrogen (secondary N) is 1. The minimum absolute atomic E-state index is 0.112. The molecule has 1 heterocycles. The highest BCUT2D eigenvalue weighted by atomic mass is 16.2. The van der Waals surface area contributed by atoms with Gasteiger partial charge in [0.25, 0.3) is 0 Å². The van der Waals surface area contributed by atoms with Crippen molar-refractivity contribution in [3.8, 4) is 0 Å². The second kappa shape index (κ2) is 6.23. The van der Waals surface area contributed by atoms with Gasteiger partial charge < -0.3 is 11.1 Å². The molecule has 0 unspecified atom stereocenters. The topological polar surface area (TPSA) is 68.0 Å². The van der Waals surface area contributed by atoms with Crippen LogP contribution in [0.1, 0.15) is 26.0 Å². The van der Waals surface area contributed by atoms with Crippen LogP contribution >= 0.6 is 0 Å². The molecule has 0 bridgehead atoms. The second-order valence-corrected chi connectivity index (χ2v) is 4.27. The monoisotopic (exact) mass is 221 g/mol. The lowest BCUT2D eigenvalue weighted by Crippen LogP contribution is -2.41. The smallest absolute Gasteiger partial charge is 0.237 e. The molecule has 0 aliphatic heterocycles. The van der Waals surface area contributed by atoms with Crippen molar-refractivity contribution >= 4 is 5.91 Å². The highest BCUT2D eigenvalue weighted by Gasteiger charge is 2.14. The summed E-state index contributed by atoms with van der Waals surface area (Å²) < 4.78 is 0. The van der Waals surface area contributed by atoms with Crippen LogP contribution < -0.4 is 11.1 Å². The molecule has 1 amide bonds. The van der Waals surface area contributed by atoms with Crippen LogP contribution in [0.3, 0.4) is 0 Å². The maximum absolute atomic E-state index is 11.6. The largest absolute Gasteiger partial charge is 0.349 e. The van der Waals surface area contributed by atoms with Crippen molar-refractivity contribution in [2.75, 3.05) is 0 Å². The third kappa shape index (κ3) is 4.40. The Bertz CT molecular complexity index is 324. The van der Waals surface area contributed by atoms with Gasteiger partial charge in [0.2, 0.25) is 5.91 Å². The number of carbonyl (C=O) groups excluding carboxylic acids is 1. The van der Waals surface area contributed by atoms with Crippen molar-refractivity contribution < 1.29 is 4.79 Å². The molecule has 1 aromatic heterocycles. The molecule has 1 rings (SSSR count). The van der Waals surface area contributed by atoms with Crippen molar-refractivity contribution in [1.82, 2.24) is 10.3 Å². The lowest BCUT2D eigenvalue weighted by atomic mass is 10.0. The van der Waals surface area contributed by atoms with Crippen LogP contribution in [0.5, 0.6) is 0 Å². The summed E-state index contributed by atoms with van der Waals surface area (Å²) in [5.41, 5.74) is 6.59. The maximum atomic E-state index is 11.6. The van der Waals surface area contributed by atoms with Crippen molar-refractivity contribution in [2.45, 2.75) is 32.9 Å². The van der Waals surface area contributed by atoms with Gasteiger partial charge in [0.1, 0.15) is 0 Å². The Hall–Kier alpha value is -1.42. The number of amides is 1. The zero-order chi connectivity index (χ0) is 12.0. The van der Waals surface area contributed by atoms with Crippen LogP contribution in [0, 0.1) is 5.92 Å². The van der Waals surface area contributed by atoms with Crippen LogP contribution in [-0.4, -0.2) is 16.9 Å². The number of nitrogens with zero attached hydrogens (tertiary/aromatic N) is 1. The Morgan fingerprint density at radius 3 is 2.81 bits per heavy atom. The zero-order valence-corrected chi connectivity index (χ0v) is 9.81. The van der Waals surface area contributed by atoms with Crippen molar-refractivity contribution in [3.63, 3.8) is 0 Å². The van der Waals surface area contributed by atoms with Crippen molar-refractivity contribution in [3.05, 3.63) is 30.1 Å². The van der Waals surface area contributed by atoms with Gasteiger partial charge in [0, 0.05) is 6.20 Å². The molecule has 0 spiro atoms. The summed E-state index contributed by atoms with van der Waals surface area (Å²) >= 11 is 0. The molecular formula is C12H19N3O. The normalized spacial score (nSPS) is 12.5. The van der Waals surface area contributed by atoms with Crippen LogP contribution in [-0.2, 0) is 11.3 Å². The molecule has 0 radical (unpaired) electrons. The van der Waals surface area contributed by atoms with Crippen molar-refractivity contribution in [2.24, 2.45) is 11.7 Å². The lowest BCUT2D eigenvalue weighted by Gasteiger charge is -2.13. The number of hydrogen-bond donors (Lipinski definition) is 2. The summed E-state index contributed by atoms with van der Waals surface area (Å²) in [6.45, 7) is 4.53. The van der Waals surface area contributed by atoms with Gasteiger partial charge in [-0.25, -0.2) is 0 Å². The van der Waals surface area contributed by atoms with E-state index in [1.54, 1.807) is 6.20 Å². The summed E-state index contributed by atoms with van der Waals surface area (Å²) in [6.07, 6.45) is 2.41. The molecular weight excluding hydrogens is 202 g/mol. The van der Waals surface area contributed by atoms with E-state index in [2.05, 4.69) is 10.3 Å². The average molecular weight is 221 g/mol. The van der Waals surface area contributed by atoms with Gasteiger partial charge in [-0.2, -0.15) is 0 Å². The minimum atomic E-state index is -0.427. The standard InChI is InChI=1S/C12H19N3O/c1-9(2)7-11(13)12(16)15-8-10-5-3-4-6-14-10/h3-6,9,11H,7-8,13H2,1-2H3,(H,15,16)/t11-/m0/s1. The molecule has 1 aromatic rings. The molecule has 0 saturated heterocycles. The van der Waals surface area contributed by atoms with Gasteiger partial charge in [-0.1, -0.05) is 19.9 Å². The zero-order valence-electron chi connectivity index (χ0n) is 9.81. The second-order valence-electron chi connectivity index (χ2n) is 4.27. The van der Waals surface area contributed by atoms with E-state index < -0.39 is 6.04 Å². The fraction of sp³-hybridized carbons (Fsp3) is 0.500. The summed E-state index contributed by atoms with van der Waals surface area (Å²) in [4.78, 5) is 15.7. The molecule has 4 nitrogen and oxygen atoms in total. The van der Waals surface area contributed by atoms with E-state index in [4.69, 9.17) is 5.73 Å². The molecule has 0 fully saturated rings. The predicted molar refractivity (Wildman–Crippen MR) is 63.5 cm³/mol. The van der Waals surface area contributed by atoms with Crippen LogP contribution in [0.4, 0.5) is 0 Å². The molecule has 1 atom stereocenters. The van der Waals surface area contributed by atoms with Gasteiger partial charge in [-0.05, 0) is 24.5 Å². The van der Waals surface area contributed by atoms with E-state index in [1.165, 1.54) is 0 Å². The Morgan fingerprint density at radius 2 is 2.25 bits per heavy atom. The van der Waals surface area contributed by atoms with Gasteiger partial charge in [-0.15, -0.1) is 0 Å². The maximum Gasteiger partial charge on any atom is 0.237 e. The number of hydrogen-bond acceptors (Lipinski definition) is 3. The first-order valence-corrected chi connectivity index (χ1v) is 5.52. The number of carbonyl (C=O) groups is 1. The van der Waals surface area contributed by atoms with E-state index >= 15 is 0 Å². The first kappa shape index (κ1) is 12.6. The lowest BCUT2D eigenvalue weighted by molar-refractivity contribution is -0.122. The highest BCUT2D eigenvalue weighted by molar-refractivity contribution is 5.81. The molecule has 4 heteroatoms. The third-order valence-corrected chi connectivity index (χ3v) is 2.23. The SMILES string of the molecule is CC(C)C[C@H](N)C(=O)NCc1ccccn1. The van der Waals surface area contributed by atoms with Crippen LogP contribution in [0.2, 0.25) is 0 Å². The Labute approximate surface area is 96.3 Å². The van der Waals surface area contributed by atoms with Crippen LogP contribution in [0.15, 0.2) is 24.4 Å². The summed E-state index contributed by atoms with van der Waals surface area (Å²) in [5, 5.41) is 2.78. The van der Waals surface area contributed by atoms with Gasteiger partial charge in [0.15, 0.2) is 0 Å². The number of pyridine rings is 1. The van der Waals surface area contributed by atoms with E-state index in [1.807, 2.05) is 32.0 Å². The Balaban J connectivity index is 2.35. The van der Waals surface area contributed by atoms with Gasteiger partial charge >= 0.3 is 0 Å². The predicted octanol–water partition coefficient (Wildman–Crippen LogP) is 1.07. The minimum Gasteiger partial charge on any atom is -0.349 e. The van der Waals surface area contributed by atoms with E-state index in [0.29, 0.717) is 18.9 Å². The summed E-state index contributed by atoms with van der Waals surface area (Å²) in [7, 11) is 0. The average Bonchev–Trinajstić information content (AvgIpc) is 2.26. The number of nitrogens with two attached hydrogens (primary N) is 1. The molecule has 88 valence electrons. The highest BCUT2D eigenvalue weighted by Crippen LogP contribution is 2.02. The first-order valence-electron chi connectivity index (χ1n) is 5.52.